The van der Waals surface area contributed by atoms with Gasteiger partial charge < -0.3 is 4.90 Å². The lowest BCUT2D eigenvalue weighted by molar-refractivity contribution is 1.24. The fourth-order valence-corrected chi connectivity index (χ4v) is 3.55. The van der Waals surface area contributed by atoms with Crippen LogP contribution in [0.1, 0.15) is 0 Å². The highest BCUT2D eigenvalue weighted by Crippen LogP contribution is 2.35. The molecule has 0 bridgehead atoms. The number of rotatable bonds is 3. The molecule has 0 spiro atoms. The van der Waals surface area contributed by atoms with Gasteiger partial charge in [0, 0.05) is 21.8 Å². The minimum atomic E-state index is -0.360. The lowest BCUT2D eigenvalue weighted by atomic mass is 10.1. The van der Waals surface area contributed by atoms with E-state index >= 15 is 0 Å². The van der Waals surface area contributed by atoms with Crippen molar-refractivity contribution < 1.29 is 0 Å². The van der Waals surface area contributed by atoms with Crippen molar-refractivity contribution in [3.8, 4) is 0 Å². The molecule has 4 nitrogen and oxygen atoms in total. The van der Waals surface area contributed by atoms with Crippen LogP contribution in [0.2, 0.25) is 0 Å². The Balaban J connectivity index is 1.95. The largest absolute Gasteiger partial charge is 0.310 e. The van der Waals surface area contributed by atoms with Crippen molar-refractivity contribution in [1.82, 2.24) is 4.98 Å². The average molecular weight is 346 g/mol. The zero-order valence-corrected chi connectivity index (χ0v) is 14.0. The molecular formula is C20H14N2O2S. The van der Waals surface area contributed by atoms with Crippen LogP contribution in [-0.4, -0.2) is 4.98 Å². The predicted octanol–water partition coefficient (Wildman–Crippen LogP) is 4.42. The predicted molar refractivity (Wildman–Crippen MR) is 103 cm³/mol. The molecule has 0 saturated carbocycles. The van der Waals surface area contributed by atoms with Gasteiger partial charge in [-0.05, 0) is 42.5 Å². The first-order chi connectivity index (χ1) is 12.2. The summed E-state index contributed by atoms with van der Waals surface area (Å²) in [4.78, 5) is 27.8. The number of H-pyrrole nitrogens is 1. The highest BCUT2D eigenvalue weighted by Gasteiger charge is 2.13. The van der Waals surface area contributed by atoms with Gasteiger partial charge in [-0.15, -0.1) is 0 Å². The van der Waals surface area contributed by atoms with Gasteiger partial charge in [0.15, 0.2) is 0 Å². The molecule has 4 aromatic rings. The van der Waals surface area contributed by atoms with E-state index in [1.165, 1.54) is 0 Å². The zero-order chi connectivity index (χ0) is 17.2. The number of anilines is 3. The number of aromatic amines is 1. The zero-order valence-electron chi connectivity index (χ0n) is 13.2. The lowest BCUT2D eigenvalue weighted by Gasteiger charge is -2.25. The van der Waals surface area contributed by atoms with Gasteiger partial charge in [-0.3, -0.25) is 14.6 Å². The SMILES string of the molecule is O=c1[nH]c(=O)c2cc(N(c3ccccc3)c3ccccc3)ccc2s1. The van der Waals surface area contributed by atoms with E-state index in [0.717, 1.165) is 28.4 Å². The molecular weight excluding hydrogens is 332 g/mol. The summed E-state index contributed by atoms with van der Waals surface area (Å²) in [5.74, 6) is 0. The molecule has 1 aromatic heterocycles. The average Bonchev–Trinajstić information content (AvgIpc) is 2.64. The summed E-state index contributed by atoms with van der Waals surface area (Å²) in [6.07, 6.45) is 0. The summed E-state index contributed by atoms with van der Waals surface area (Å²) in [5, 5.41) is 0.513. The number of benzene rings is 3. The maximum absolute atomic E-state index is 12.2. The number of hydrogen-bond donors (Lipinski definition) is 1. The number of hydrogen-bond acceptors (Lipinski definition) is 4. The van der Waals surface area contributed by atoms with Gasteiger partial charge in [0.1, 0.15) is 0 Å². The number of aromatic nitrogens is 1. The number of para-hydroxylation sites is 2. The van der Waals surface area contributed by atoms with Crippen molar-refractivity contribution in [2.45, 2.75) is 0 Å². The van der Waals surface area contributed by atoms with Gasteiger partial charge in [-0.2, -0.15) is 0 Å². The first kappa shape index (κ1) is 15.4. The molecule has 5 heteroatoms. The third-order valence-corrected chi connectivity index (χ3v) is 4.78. The monoisotopic (exact) mass is 346 g/mol. The molecule has 3 aromatic carbocycles. The van der Waals surface area contributed by atoms with E-state index in [-0.39, 0.29) is 10.4 Å². The molecule has 0 radical (unpaired) electrons. The summed E-state index contributed by atoms with van der Waals surface area (Å²) in [7, 11) is 0. The number of fused-ring (bicyclic) bond motifs is 1. The Bertz CT molecular complexity index is 1100. The van der Waals surface area contributed by atoms with Gasteiger partial charge in [0.2, 0.25) is 0 Å². The summed E-state index contributed by atoms with van der Waals surface area (Å²) < 4.78 is 0.679. The highest BCUT2D eigenvalue weighted by molar-refractivity contribution is 7.16. The van der Waals surface area contributed by atoms with Crippen molar-refractivity contribution in [1.29, 1.82) is 0 Å². The first-order valence-electron chi connectivity index (χ1n) is 7.80. The van der Waals surface area contributed by atoms with Crippen molar-refractivity contribution in [2.24, 2.45) is 0 Å². The van der Waals surface area contributed by atoms with Crippen LogP contribution in [0.5, 0.6) is 0 Å². The molecule has 0 atom stereocenters. The van der Waals surface area contributed by atoms with Gasteiger partial charge in [-0.25, -0.2) is 0 Å². The smallest absolute Gasteiger partial charge is 0.307 e. The topological polar surface area (TPSA) is 53.2 Å². The van der Waals surface area contributed by atoms with Gasteiger partial charge in [-0.1, -0.05) is 47.7 Å². The third kappa shape index (κ3) is 2.97. The van der Waals surface area contributed by atoms with Crippen molar-refractivity contribution in [3.63, 3.8) is 0 Å². The molecule has 0 saturated heterocycles. The summed E-state index contributed by atoms with van der Waals surface area (Å²) in [6, 6.07) is 25.5. The second-order valence-electron chi connectivity index (χ2n) is 5.53. The molecule has 122 valence electrons. The Hall–Kier alpha value is -3.18. The van der Waals surface area contributed by atoms with Gasteiger partial charge in [0.25, 0.3) is 5.56 Å². The van der Waals surface area contributed by atoms with E-state index in [2.05, 4.69) is 9.88 Å². The van der Waals surface area contributed by atoms with Crippen molar-refractivity contribution in [2.75, 3.05) is 4.90 Å². The second-order valence-corrected chi connectivity index (χ2v) is 6.55. The molecule has 0 aliphatic carbocycles. The summed E-state index contributed by atoms with van der Waals surface area (Å²) in [5.41, 5.74) is 2.49. The fraction of sp³-hybridized carbons (Fsp3) is 0. The number of nitrogens with zero attached hydrogens (tertiary/aromatic N) is 1. The molecule has 4 rings (SSSR count). The van der Waals surface area contributed by atoms with Crippen LogP contribution in [0.25, 0.3) is 10.1 Å². The molecule has 1 N–H and O–H groups in total. The van der Waals surface area contributed by atoms with Crippen LogP contribution in [0, 0.1) is 0 Å². The molecule has 1 heterocycles. The van der Waals surface area contributed by atoms with E-state index < -0.39 is 0 Å². The maximum atomic E-state index is 12.2. The summed E-state index contributed by atoms with van der Waals surface area (Å²) >= 11 is 1.04. The minimum Gasteiger partial charge on any atom is -0.310 e. The van der Waals surface area contributed by atoms with Crippen molar-refractivity contribution in [3.05, 3.63) is 98.9 Å². The first-order valence-corrected chi connectivity index (χ1v) is 8.61. The van der Waals surface area contributed by atoms with Crippen LogP contribution in [0.3, 0.4) is 0 Å². The minimum absolute atomic E-state index is 0.340. The van der Waals surface area contributed by atoms with Crippen LogP contribution in [0.15, 0.2) is 88.5 Å². The Morgan fingerprint density at radius 3 is 1.92 bits per heavy atom. The van der Waals surface area contributed by atoms with Crippen LogP contribution < -0.4 is 15.3 Å². The standard InChI is InChI=1S/C20H14N2O2S/c23-19-17-13-16(11-12-18(17)25-20(24)21-19)22(14-7-3-1-4-8-14)15-9-5-2-6-10-15/h1-13H,(H,21,23,24). The Labute approximate surface area is 147 Å². The maximum Gasteiger partial charge on any atom is 0.307 e. The normalized spacial score (nSPS) is 10.7. The molecule has 0 amide bonds. The van der Waals surface area contributed by atoms with E-state index in [4.69, 9.17) is 0 Å². The quantitative estimate of drug-likeness (QED) is 0.597. The molecule has 0 aliphatic rings. The van der Waals surface area contributed by atoms with E-state index in [9.17, 15) is 9.59 Å². The van der Waals surface area contributed by atoms with Crippen LogP contribution in [-0.2, 0) is 0 Å². The van der Waals surface area contributed by atoms with Gasteiger partial charge in [0.05, 0.1) is 5.39 Å². The Morgan fingerprint density at radius 2 is 1.32 bits per heavy atom. The molecule has 0 aliphatic heterocycles. The van der Waals surface area contributed by atoms with Gasteiger partial charge >= 0.3 is 4.87 Å². The van der Waals surface area contributed by atoms with E-state index in [1.807, 2.05) is 78.9 Å². The third-order valence-electron chi connectivity index (χ3n) is 3.91. The molecule has 0 fully saturated rings. The Kier molecular flexibility index (Phi) is 3.91. The number of nitrogens with one attached hydrogen (secondary N) is 1. The fourth-order valence-electron chi connectivity index (χ4n) is 2.81. The lowest BCUT2D eigenvalue weighted by Crippen LogP contribution is -2.16. The molecule has 25 heavy (non-hydrogen) atoms. The van der Waals surface area contributed by atoms with Crippen LogP contribution >= 0.6 is 11.3 Å². The van der Waals surface area contributed by atoms with Crippen LogP contribution in [0.4, 0.5) is 17.1 Å². The Morgan fingerprint density at radius 1 is 0.720 bits per heavy atom. The second kappa shape index (κ2) is 6.37. The van der Waals surface area contributed by atoms with E-state index in [0.29, 0.717) is 10.1 Å². The van der Waals surface area contributed by atoms with E-state index in [1.54, 1.807) is 0 Å². The molecule has 0 unspecified atom stereocenters. The summed E-state index contributed by atoms with van der Waals surface area (Å²) in [6.45, 7) is 0. The van der Waals surface area contributed by atoms with Crippen molar-refractivity contribution >= 4 is 38.5 Å². The highest BCUT2D eigenvalue weighted by atomic mass is 32.1.